The van der Waals surface area contributed by atoms with Gasteiger partial charge >= 0.3 is 0 Å². The van der Waals surface area contributed by atoms with Crippen molar-refractivity contribution in [1.82, 2.24) is 5.32 Å². The van der Waals surface area contributed by atoms with Crippen LogP contribution in [0.1, 0.15) is 26.7 Å². The largest absolute Gasteiger partial charge is 0.348 e. The highest BCUT2D eigenvalue weighted by atomic mass is 32.2. The lowest BCUT2D eigenvalue weighted by molar-refractivity contribution is -0.126. The Morgan fingerprint density at radius 2 is 2.21 bits per heavy atom. The van der Waals surface area contributed by atoms with Crippen molar-refractivity contribution in [1.29, 1.82) is 0 Å². The Balaban J connectivity index is 2.23. The molecule has 1 atom stereocenters. The van der Waals surface area contributed by atoms with Crippen molar-refractivity contribution in [2.75, 3.05) is 12.3 Å². The number of amides is 1. The summed E-state index contributed by atoms with van der Waals surface area (Å²) in [5, 5.41) is 2.78. The van der Waals surface area contributed by atoms with Gasteiger partial charge in [0.05, 0.1) is 11.8 Å². The lowest BCUT2D eigenvalue weighted by atomic mass is 10.1. The summed E-state index contributed by atoms with van der Waals surface area (Å²) in [6.45, 7) is 3.88. The molecule has 1 rings (SSSR count). The van der Waals surface area contributed by atoms with E-state index in [4.69, 9.17) is 0 Å². The van der Waals surface area contributed by atoms with E-state index in [0.29, 0.717) is 0 Å². The normalized spacial score (nSPS) is 21.2. The molecule has 3 nitrogen and oxygen atoms in total. The fourth-order valence-corrected chi connectivity index (χ4v) is 2.46. The van der Waals surface area contributed by atoms with Crippen LogP contribution in [-0.4, -0.2) is 29.2 Å². The standard InChI is InChI=1S/C10H17NO2S/c1-7(2)8(12)6-11-10(13)9-4-3-5-14-9/h7,9H,3-6H2,1-2H3,(H,11,13). The average Bonchev–Trinajstić information content (AvgIpc) is 2.66. The molecule has 1 aliphatic rings. The van der Waals surface area contributed by atoms with E-state index < -0.39 is 0 Å². The summed E-state index contributed by atoms with van der Waals surface area (Å²) in [4.78, 5) is 22.7. The van der Waals surface area contributed by atoms with E-state index in [9.17, 15) is 9.59 Å². The van der Waals surface area contributed by atoms with Crippen molar-refractivity contribution in [3.05, 3.63) is 0 Å². The van der Waals surface area contributed by atoms with Crippen molar-refractivity contribution in [2.24, 2.45) is 5.92 Å². The Bertz CT molecular complexity index is 222. The number of rotatable bonds is 4. The molecule has 4 heteroatoms. The molecule has 1 unspecified atom stereocenters. The predicted molar refractivity (Wildman–Crippen MR) is 58.3 cm³/mol. The minimum absolute atomic E-state index is 0.00605. The molecule has 80 valence electrons. The van der Waals surface area contributed by atoms with Crippen molar-refractivity contribution < 1.29 is 9.59 Å². The number of Topliss-reactive ketones (excluding diaryl/α,β-unsaturated/α-hetero) is 1. The molecule has 14 heavy (non-hydrogen) atoms. The number of ketones is 1. The highest BCUT2D eigenvalue weighted by Gasteiger charge is 2.23. The van der Waals surface area contributed by atoms with E-state index in [1.54, 1.807) is 11.8 Å². The van der Waals surface area contributed by atoms with Crippen LogP contribution < -0.4 is 5.32 Å². The number of nitrogens with one attached hydrogen (secondary N) is 1. The summed E-state index contributed by atoms with van der Waals surface area (Å²) in [6, 6.07) is 0. The monoisotopic (exact) mass is 215 g/mol. The van der Waals surface area contributed by atoms with Crippen molar-refractivity contribution in [3.63, 3.8) is 0 Å². The van der Waals surface area contributed by atoms with Crippen LogP contribution in [0.5, 0.6) is 0 Å². The third-order valence-corrected chi connectivity index (χ3v) is 3.68. The third kappa shape index (κ3) is 3.33. The minimum atomic E-state index is 0.00605. The van der Waals surface area contributed by atoms with Gasteiger partial charge in [0.2, 0.25) is 5.91 Å². The first-order valence-corrected chi connectivity index (χ1v) is 6.08. The maximum absolute atomic E-state index is 11.5. The number of hydrogen-bond acceptors (Lipinski definition) is 3. The molecule has 0 bridgehead atoms. The van der Waals surface area contributed by atoms with Crippen molar-refractivity contribution >= 4 is 23.5 Å². The summed E-state index contributed by atoms with van der Waals surface area (Å²) >= 11 is 1.69. The molecule has 1 amide bonds. The SMILES string of the molecule is CC(C)C(=O)CNC(=O)C1CCCS1. The molecule has 0 aromatic carbocycles. The quantitative estimate of drug-likeness (QED) is 0.767. The minimum Gasteiger partial charge on any atom is -0.348 e. The number of hydrogen-bond donors (Lipinski definition) is 1. The Morgan fingerprint density at radius 1 is 1.50 bits per heavy atom. The third-order valence-electron chi connectivity index (χ3n) is 2.30. The van der Waals surface area contributed by atoms with E-state index in [0.717, 1.165) is 18.6 Å². The summed E-state index contributed by atoms with van der Waals surface area (Å²) < 4.78 is 0. The molecule has 0 aromatic rings. The number of carbonyl (C=O) groups is 2. The van der Waals surface area contributed by atoms with Crippen LogP contribution in [0.4, 0.5) is 0 Å². The van der Waals surface area contributed by atoms with Gasteiger partial charge in [-0.15, -0.1) is 11.8 Å². The second kappa shape index (κ2) is 5.39. The Morgan fingerprint density at radius 3 is 2.71 bits per heavy atom. The van der Waals surface area contributed by atoms with Gasteiger partial charge < -0.3 is 5.32 Å². The van der Waals surface area contributed by atoms with Gasteiger partial charge in [0, 0.05) is 5.92 Å². The van der Waals surface area contributed by atoms with Crippen LogP contribution >= 0.6 is 11.8 Å². The molecule has 0 aliphatic carbocycles. The van der Waals surface area contributed by atoms with Gasteiger partial charge in [0.15, 0.2) is 5.78 Å². The maximum Gasteiger partial charge on any atom is 0.233 e. The van der Waals surface area contributed by atoms with E-state index in [2.05, 4.69) is 5.32 Å². The first-order valence-electron chi connectivity index (χ1n) is 5.03. The molecule has 0 radical (unpaired) electrons. The second-order valence-corrected chi connectivity index (χ2v) is 5.15. The van der Waals surface area contributed by atoms with Crippen molar-refractivity contribution in [2.45, 2.75) is 31.9 Å². The van der Waals surface area contributed by atoms with Crippen molar-refractivity contribution in [3.8, 4) is 0 Å². The van der Waals surface area contributed by atoms with Gasteiger partial charge in [-0.3, -0.25) is 9.59 Å². The van der Waals surface area contributed by atoms with Gasteiger partial charge in [-0.1, -0.05) is 13.8 Å². The molecule has 0 spiro atoms. The molecule has 1 aliphatic heterocycles. The summed E-state index contributed by atoms with van der Waals surface area (Å²) in [5.74, 6) is 1.20. The van der Waals surface area contributed by atoms with Crippen LogP contribution in [0.3, 0.4) is 0 Å². The maximum atomic E-state index is 11.5. The zero-order valence-electron chi connectivity index (χ0n) is 8.71. The molecule has 1 heterocycles. The second-order valence-electron chi connectivity index (χ2n) is 3.84. The smallest absolute Gasteiger partial charge is 0.233 e. The highest BCUT2D eigenvalue weighted by Crippen LogP contribution is 2.25. The van der Waals surface area contributed by atoms with Gasteiger partial charge in [0.25, 0.3) is 0 Å². The van der Waals surface area contributed by atoms with E-state index in [-0.39, 0.29) is 29.4 Å². The Hall–Kier alpha value is -0.510. The first-order chi connectivity index (χ1) is 6.61. The predicted octanol–water partition coefficient (Wildman–Crippen LogP) is 1.22. The molecular formula is C10H17NO2S. The molecule has 1 fully saturated rings. The summed E-state index contributed by atoms with van der Waals surface area (Å²) in [6.07, 6.45) is 2.06. The van der Waals surface area contributed by atoms with Crippen LogP contribution in [0.2, 0.25) is 0 Å². The Kier molecular flexibility index (Phi) is 4.45. The van der Waals surface area contributed by atoms with Crippen LogP contribution in [-0.2, 0) is 9.59 Å². The van der Waals surface area contributed by atoms with E-state index in [1.165, 1.54) is 0 Å². The zero-order chi connectivity index (χ0) is 10.6. The Labute approximate surface area is 89.0 Å². The summed E-state index contributed by atoms with van der Waals surface area (Å²) in [5.41, 5.74) is 0. The first kappa shape index (κ1) is 11.6. The summed E-state index contributed by atoms with van der Waals surface area (Å²) in [7, 11) is 0. The fourth-order valence-electron chi connectivity index (χ4n) is 1.28. The van der Waals surface area contributed by atoms with E-state index in [1.807, 2.05) is 13.8 Å². The van der Waals surface area contributed by atoms with Crippen LogP contribution in [0.15, 0.2) is 0 Å². The highest BCUT2D eigenvalue weighted by molar-refractivity contribution is 8.00. The lowest BCUT2D eigenvalue weighted by Crippen LogP contribution is -2.36. The number of carbonyl (C=O) groups excluding carboxylic acids is 2. The lowest BCUT2D eigenvalue weighted by Gasteiger charge is -2.10. The van der Waals surface area contributed by atoms with Gasteiger partial charge in [-0.05, 0) is 18.6 Å². The van der Waals surface area contributed by atoms with Crippen LogP contribution in [0, 0.1) is 5.92 Å². The van der Waals surface area contributed by atoms with Crippen LogP contribution in [0.25, 0.3) is 0 Å². The molecular weight excluding hydrogens is 198 g/mol. The van der Waals surface area contributed by atoms with E-state index >= 15 is 0 Å². The topological polar surface area (TPSA) is 46.2 Å². The fraction of sp³-hybridized carbons (Fsp3) is 0.800. The number of thioether (sulfide) groups is 1. The molecule has 1 N–H and O–H groups in total. The van der Waals surface area contributed by atoms with Gasteiger partial charge in [-0.25, -0.2) is 0 Å². The molecule has 1 saturated heterocycles. The zero-order valence-corrected chi connectivity index (χ0v) is 9.52. The van der Waals surface area contributed by atoms with Gasteiger partial charge in [0.1, 0.15) is 0 Å². The molecule has 0 saturated carbocycles. The van der Waals surface area contributed by atoms with Gasteiger partial charge in [-0.2, -0.15) is 0 Å². The molecule has 0 aromatic heterocycles. The average molecular weight is 215 g/mol.